The van der Waals surface area contributed by atoms with Gasteiger partial charge in [0.05, 0.1) is 12.7 Å². The van der Waals surface area contributed by atoms with Gasteiger partial charge in [-0.1, -0.05) is 6.07 Å². The zero-order chi connectivity index (χ0) is 14.5. The SMILES string of the molecule is COCCC1CN(C(=O)c2ccc(C)c(F)c2)CCO1. The highest BCUT2D eigenvalue weighted by atomic mass is 19.1. The first-order valence-electron chi connectivity index (χ1n) is 6.77. The number of amides is 1. The quantitative estimate of drug-likeness (QED) is 0.847. The number of aryl methyl sites for hydroxylation is 1. The van der Waals surface area contributed by atoms with Gasteiger partial charge in [0, 0.05) is 32.4 Å². The minimum absolute atomic E-state index is 0.0112. The van der Waals surface area contributed by atoms with E-state index in [-0.39, 0.29) is 17.8 Å². The van der Waals surface area contributed by atoms with Crippen LogP contribution in [0, 0.1) is 12.7 Å². The molecular formula is C15H20FNO3. The molecule has 0 saturated carbocycles. The van der Waals surface area contributed by atoms with Crippen molar-refractivity contribution >= 4 is 5.91 Å². The fourth-order valence-corrected chi connectivity index (χ4v) is 2.24. The summed E-state index contributed by atoms with van der Waals surface area (Å²) in [6.45, 7) is 3.86. The molecule has 1 atom stereocenters. The Morgan fingerprint density at radius 2 is 2.35 bits per heavy atom. The molecule has 0 aromatic heterocycles. The van der Waals surface area contributed by atoms with Gasteiger partial charge in [-0.2, -0.15) is 0 Å². The van der Waals surface area contributed by atoms with E-state index in [2.05, 4.69) is 0 Å². The second kappa shape index (κ2) is 6.81. The summed E-state index contributed by atoms with van der Waals surface area (Å²) in [5, 5.41) is 0. The summed E-state index contributed by atoms with van der Waals surface area (Å²) in [5.41, 5.74) is 0.932. The highest BCUT2D eigenvalue weighted by Gasteiger charge is 2.25. The smallest absolute Gasteiger partial charge is 0.254 e. The Morgan fingerprint density at radius 1 is 1.55 bits per heavy atom. The van der Waals surface area contributed by atoms with Crippen molar-refractivity contribution in [3.8, 4) is 0 Å². The summed E-state index contributed by atoms with van der Waals surface area (Å²) in [7, 11) is 1.64. The standard InChI is InChI=1S/C15H20FNO3/c1-11-3-4-12(9-14(11)16)15(18)17-6-8-20-13(10-17)5-7-19-2/h3-4,9,13H,5-8,10H2,1-2H3. The molecule has 1 saturated heterocycles. The predicted octanol–water partition coefficient (Wildman–Crippen LogP) is 2.01. The third kappa shape index (κ3) is 3.55. The molecule has 1 amide bonds. The van der Waals surface area contributed by atoms with Crippen molar-refractivity contribution in [2.45, 2.75) is 19.4 Å². The number of hydrogen-bond donors (Lipinski definition) is 0. The summed E-state index contributed by atoms with van der Waals surface area (Å²) in [5.74, 6) is -0.491. The lowest BCUT2D eigenvalue weighted by atomic mass is 10.1. The third-order valence-corrected chi connectivity index (χ3v) is 3.49. The van der Waals surface area contributed by atoms with Gasteiger partial charge in [-0.3, -0.25) is 4.79 Å². The molecule has 20 heavy (non-hydrogen) atoms. The molecule has 1 unspecified atom stereocenters. The zero-order valence-corrected chi connectivity index (χ0v) is 11.9. The van der Waals surface area contributed by atoms with Gasteiger partial charge in [0.25, 0.3) is 5.91 Å². The highest BCUT2D eigenvalue weighted by molar-refractivity contribution is 5.94. The average Bonchev–Trinajstić information content (AvgIpc) is 2.47. The molecule has 1 aliphatic rings. The maximum Gasteiger partial charge on any atom is 0.254 e. The molecule has 0 spiro atoms. The Hall–Kier alpha value is -1.46. The van der Waals surface area contributed by atoms with Crippen LogP contribution in [0.2, 0.25) is 0 Å². The molecule has 0 bridgehead atoms. The first-order chi connectivity index (χ1) is 9.61. The van der Waals surface area contributed by atoms with Crippen molar-refractivity contribution < 1.29 is 18.7 Å². The second-order valence-corrected chi connectivity index (χ2v) is 4.99. The number of morpholine rings is 1. The molecule has 2 rings (SSSR count). The molecule has 0 radical (unpaired) electrons. The van der Waals surface area contributed by atoms with Crippen molar-refractivity contribution in [1.82, 2.24) is 4.90 Å². The fourth-order valence-electron chi connectivity index (χ4n) is 2.24. The van der Waals surface area contributed by atoms with Crippen LogP contribution in [-0.4, -0.2) is 50.3 Å². The van der Waals surface area contributed by atoms with Crippen LogP contribution in [0.25, 0.3) is 0 Å². The number of carbonyl (C=O) groups is 1. The largest absolute Gasteiger partial charge is 0.385 e. The molecular weight excluding hydrogens is 261 g/mol. The Balaban J connectivity index is 2.02. The van der Waals surface area contributed by atoms with Gasteiger partial charge in [0.15, 0.2) is 0 Å². The molecule has 1 fully saturated rings. The fraction of sp³-hybridized carbons (Fsp3) is 0.533. The van der Waals surface area contributed by atoms with Crippen LogP contribution in [0.1, 0.15) is 22.3 Å². The van der Waals surface area contributed by atoms with Crippen LogP contribution in [0.4, 0.5) is 4.39 Å². The van der Waals surface area contributed by atoms with E-state index in [4.69, 9.17) is 9.47 Å². The summed E-state index contributed by atoms with van der Waals surface area (Å²) in [6.07, 6.45) is 0.741. The van der Waals surface area contributed by atoms with E-state index in [1.807, 2.05) is 0 Å². The molecule has 0 aliphatic carbocycles. The van der Waals surface area contributed by atoms with Gasteiger partial charge in [0.1, 0.15) is 5.82 Å². The van der Waals surface area contributed by atoms with E-state index in [0.29, 0.717) is 37.4 Å². The number of hydrogen-bond acceptors (Lipinski definition) is 3. The van der Waals surface area contributed by atoms with E-state index in [0.717, 1.165) is 6.42 Å². The van der Waals surface area contributed by atoms with Crippen LogP contribution in [0.3, 0.4) is 0 Å². The van der Waals surface area contributed by atoms with Gasteiger partial charge in [-0.25, -0.2) is 4.39 Å². The molecule has 1 aliphatic heterocycles. The van der Waals surface area contributed by atoms with Crippen molar-refractivity contribution in [3.63, 3.8) is 0 Å². The summed E-state index contributed by atoms with van der Waals surface area (Å²) < 4.78 is 24.1. The number of halogens is 1. The molecule has 5 heteroatoms. The second-order valence-electron chi connectivity index (χ2n) is 4.99. The number of nitrogens with zero attached hydrogens (tertiary/aromatic N) is 1. The third-order valence-electron chi connectivity index (χ3n) is 3.49. The number of carbonyl (C=O) groups excluding carboxylic acids is 1. The van der Waals surface area contributed by atoms with Crippen LogP contribution in [0.5, 0.6) is 0 Å². The molecule has 0 N–H and O–H groups in total. The van der Waals surface area contributed by atoms with E-state index in [9.17, 15) is 9.18 Å². The van der Waals surface area contributed by atoms with E-state index < -0.39 is 0 Å². The van der Waals surface area contributed by atoms with Gasteiger partial charge in [-0.05, 0) is 31.0 Å². The zero-order valence-electron chi connectivity index (χ0n) is 11.9. The highest BCUT2D eigenvalue weighted by Crippen LogP contribution is 2.15. The van der Waals surface area contributed by atoms with Crippen molar-refractivity contribution in [3.05, 3.63) is 35.1 Å². The first kappa shape index (κ1) is 14.9. The number of benzene rings is 1. The lowest BCUT2D eigenvalue weighted by molar-refractivity contribution is -0.0332. The van der Waals surface area contributed by atoms with Crippen molar-refractivity contribution in [2.24, 2.45) is 0 Å². The lowest BCUT2D eigenvalue weighted by Crippen LogP contribution is -2.46. The van der Waals surface area contributed by atoms with Crippen LogP contribution < -0.4 is 0 Å². The predicted molar refractivity (Wildman–Crippen MR) is 73.3 cm³/mol. The van der Waals surface area contributed by atoms with Gasteiger partial charge in [0.2, 0.25) is 0 Å². The topological polar surface area (TPSA) is 38.8 Å². The maximum atomic E-state index is 13.5. The van der Waals surface area contributed by atoms with E-state index in [1.54, 1.807) is 31.1 Å². The van der Waals surface area contributed by atoms with Crippen molar-refractivity contribution in [2.75, 3.05) is 33.4 Å². The maximum absolute atomic E-state index is 13.5. The molecule has 110 valence electrons. The summed E-state index contributed by atoms with van der Waals surface area (Å²) >= 11 is 0. The average molecular weight is 281 g/mol. The molecule has 4 nitrogen and oxygen atoms in total. The number of rotatable bonds is 4. The van der Waals surface area contributed by atoms with Crippen molar-refractivity contribution in [1.29, 1.82) is 0 Å². The normalized spacial score (nSPS) is 19.1. The summed E-state index contributed by atoms with van der Waals surface area (Å²) in [4.78, 5) is 14.1. The monoisotopic (exact) mass is 281 g/mol. The Kier molecular flexibility index (Phi) is 5.09. The minimum atomic E-state index is -0.347. The first-order valence-corrected chi connectivity index (χ1v) is 6.77. The van der Waals surface area contributed by atoms with E-state index >= 15 is 0 Å². The Labute approximate surface area is 118 Å². The van der Waals surface area contributed by atoms with Crippen LogP contribution >= 0.6 is 0 Å². The number of methoxy groups -OCH3 is 1. The number of ether oxygens (including phenoxy) is 2. The van der Waals surface area contributed by atoms with Crippen LogP contribution in [-0.2, 0) is 9.47 Å². The van der Waals surface area contributed by atoms with Gasteiger partial charge in [-0.15, -0.1) is 0 Å². The lowest BCUT2D eigenvalue weighted by Gasteiger charge is -2.33. The van der Waals surface area contributed by atoms with E-state index in [1.165, 1.54) is 6.07 Å². The Bertz CT molecular complexity index is 478. The van der Waals surface area contributed by atoms with Crippen LogP contribution in [0.15, 0.2) is 18.2 Å². The Morgan fingerprint density at radius 3 is 3.05 bits per heavy atom. The molecule has 1 aromatic rings. The van der Waals surface area contributed by atoms with Gasteiger partial charge < -0.3 is 14.4 Å². The van der Waals surface area contributed by atoms with Gasteiger partial charge >= 0.3 is 0 Å². The molecule has 1 aromatic carbocycles. The summed E-state index contributed by atoms with van der Waals surface area (Å²) in [6, 6.07) is 4.60. The minimum Gasteiger partial charge on any atom is -0.385 e. The molecule has 1 heterocycles.